The van der Waals surface area contributed by atoms with Crippen LogP contribution in [0.4, 0.5) is 0 Å². The third-order valence-corrected chi connectivity index (χ3v) is 4.16. The quantitative estimate of drug-likeness (QED) is 0.767. The van der Waals surface area contributed by atoms with Crippen LogP contribution < -0.4 is 5.73 Å². The van der Waals surface area contributed by atoms with Crippen molar-refractivity contribution in [2.75, 3.05) is 0 Å². The first-order valence-corrected chi connectivity index (χ1v) is 8.81. The molecule has 0 aromatic heterocycles. The number of primary amides is 1. The van der Waals surface area contributed by atoms with E-state index in [4.69, 9.17) is 10.5 Å². The van der Waals surface area contributed by atoms with Gasteiger partial charge in [-0.2, -0.15) is 0 Å². The fourth-order valence-electron chi connectivity index (χ4n) is 2.77. The number of rotatable bonds is 3. The molecule has 2 unspecified atom stereocenters. The molecule has 0 saturated carbocycles. The number of aryl methyl sites for hydroxylation is 1. The molecule has 3 aromatic carbocycles. The lowest BCUT2D eigenvalue weighted by molar-refractivity contribution is -0.120. The van der Waals surface area contributed by atoms with E-state index in [-0.39, 0.29) is 0 Å². The molecule has 3 aromatic rings. The van der Waals surface area contributed by atoms with Crippen LogP contribution in [-0.4, -0.2) is 17.8 Å². The number of aliphatic imine (C=N–C) groups is 1. The maximum Gasteiger partial charge on any atom is 0.246 e. The highest BCUT2D eigenvalue weighted by atomic mass is 16.5. The van der Waals surface area contributed by atoms with E-state index in [0.29, 0.717) is 5.90 Å². The number of benzene rings is 3. The van der Waals surface area contributed by atoms with Crippen molar-refractivity contribution in [1.82, 2.24) is 0 Å². The van der Waals surface area contributed by atoms with Crippen LogP contribution in [0, 0.1) is 6.92 Å². The van der Waals surface area contributed by atoms with Crippen LogP contribution in [0.3, 0.4) is 0 Å². The van der Waals surface area contributed by atoms with Gasteiger partial charge in [-0.25, -0.2) is 4.99 Å². The van der Waals surface area contributed by atoms with E-state index in [1.54, 1.807) is 0 Å². The summed E-state index contributed by atoms with van der Waals surface area (Å²) in [5.74, 6) is -0.0203. The highest BCUT2D eigenvalue weighted by Gasteiger charge is 2.36. The summed E-state index contributed by atoms with van der Waals surface area (Å²) in [5.41, 5.74) is 8.50. The highest BCUT2D eigenvalue weighted by Crippen LogP contribution is 2.30. The Kier molecular flexibility index (Phi) is 6.00. The van der Waals surface area contributed by atoms with E-state index in [2.05, 4.69) is 24.0 Å². The van der Waals surface area contributed by atoms with Crippen molar-refractivity contribution in [3.63, 3.8) is 0 Å². The fourth-order valence-corrected chi connectivity index (χ4v) is 2.77. The standard InChI is InChI=1S/C16H14N2O2.C7H8/c17-15(19)13-14(11-7-3-1-4-8-11)20-16(18-13)12-9-5-2-6-10-12;1-7-5-3-2-4-6-7/h1-10,13-14H,(H2,17,19);2-6H,1H3. The largest absolute Gasteiger partial charge is 0.466 e. The Morgan fingerprint density at radius 2 is 1.37 bits per heavy atom. The number of ether oxygens (including phenoxy) is 1. The predicted molar refractivity (Wildman–Crippen MR) is 107 cm³/mol. The van der Waals surface area contributed by atoms with Crippen LogP contribution in [0.25, 0.3) is 0 Å². The van der Waals surface area contributed by atoms with Crippen molar-refractivity contribution < 1.29 is 9.53 Å². The smallest absolute Gasteiger partial charge is 0.246 e. The Balaban J connectivity index is 0.000000253. The molecule has 0 fully saturated rings. The Morgan fingerprint density at radius 1 is 0.852 bits per heavy atom. The lowest BCUT2D eigenvalue weighted by atomic mass is 10.0. The molecule has 0 radical (unpaired) electrons. The van der Waals surface area contributed by atoms with Gasteiger partial charge in [0, 0.05) is 5.56 Å². The van der Waals surface area contributed by atoms with Crippen molar-refractivity contribution >= 4 is 11.8 Å². The second kappa shape index (κ2) is 8.81. The van der Waals surface area contributed by atoms with Crippen LogP contribution in [0.15, 0.2) is 96.0 Å². The predicted octanol–water partition coefficient (Wildman–Crippen LogP) is 4.05. The molecule has 2 N–H and O–H groups in total. The SMILES string of the molecule is Cc1ccccc1.NC(=O)C1N=C(c2ccccc2)OC1c1ccccc1. The van der Waals surface area contributed by atoms with Gasteiger partial charge in [-0.1, -0.05) is 84.4 Å². The number of amides is 1. The van der Waals surface area contributed by atoms with Gasteiger partial charge < -0.3 is 10.5 Å². The number of hydrogen-bond acceptors (Lipinski definition) is 3. The molecule has 1 heterocycles. The maximum absolute atomic E-state index is 11.6. The Morgan fingerprint density at radius 3 is 1.85 bits per heavy atom. The molecule has 2 atom stereocenters. The third-order valence-electron chi connectivity index (χ3n) is 4.16. The molecule has 136 valence electrons. The van der Waals surface area contributed by atoms with Gasteiger partial charge in [0.1, 0.15) is 0 Å². The molecule has 27 heavy (non-hydrogen) atoms. The van der Waals surface area contributed by atoms with Crippen LogP contribution in [0.5, 0.6) is 0 Å². The molecule has 1 amide bonds. The number of hydrogen-bond donors (Lipinski definition) is 1. The first-order chi connectivity index (χ1) is 13.1. The van der Waals surface area contributed by atoms with Gasteiger partial charge in [-0.05, 0) is 24.6 Å². The minimum atomic E-state index is -0.687. The summed E-state index contributed by atoms with van der Waals surface area (Å²) in [6.45, 7) is 2.08. The monoisotopic (exact) mass is 358 g/mol. The summed E-state index contributed by atoms with van der Waals surface area (Å²) in [4.78, 5) is 15.9. The van der Waals surface area contributed by atoms with Crippen LogP contribution in [0.2, 0.25) is 0 Å². The Bertz CT molecular complexity index is 893. The summed E-state index contributed by atoms with van der Waals surface area (Å²) in [6.07, 6.45) is -0.455. The van der Waals surface area contributed by atoms with Crippen molar-refractivity contribution in [3.8, 4) is 0 Å². The van der Waals surface area contributed by atoms with E-state index in [1.165, 1.54) is 5.56 Å². The molecule has 0 saturated heterocycles. The number of carbonyl (C=O) groups excluding carboxylic acids is 1. The maximum atomic E-state index is 11.6. The molecular formula is C23H22N2O2. The fraction of sp³-hybridized carbons (Fsp3) is 0.130. The van der Waals surface area contributed by atoms with Gasteiger partial charge in [0.15, 0.2) is 12.1 Å². The minimum absolute atomic E-state index is 0.455. The normalized spacial score (nSPS) is 17.9. The first-order valence-electron chi connectivity index (χ1n) is 8.81. The zero-order chi connectivity index (χ0) is 19.1. The van der Waals surface area contributed by atoms with Crippen molar-refractivity contribution in [2.45, 2.75) is 19.1 Å². The summed E-state index contributed by atoms with van der Waals surface area (Å²) in [6, 6.07) is 28.6. The second-order valence-electron chi connectivity index (χ2n) is 6.25. The number of nitrogens with zero attached hydrogens (tertiary/aromatic N) is 1. The number of nitrogens with two attached hydrogens (primary N) is 1. The Hall–Kier alpha value is -3.40. The average Bonchev–Trinajstić information content (AvgIpc) is 3.16. The molecule has 4 heteroatoms. The zero-order valence-corrected chi connectivity index (χ0v) is 15.2. The lowest BCUT2D eigenvalue weighted by Crippen LogP contribution is -2.30. The van der Waals surface area contributed by atoms with Crippen molar-refractivity contribution in [1.29, 1.82) is 0 Å². The highest BCUT2D eigenvalue weighted by molar-refractivity contribution is 5.98. The molecule has 0 aliphatic carbocycles. The van der Waals surface area contributed by atoms with Crippen LogP contribution in [0.1, 0.15) is 22.8 Å². The zero-order valence-electron chi connectivity index (χ0n) is 15.2. The summed E-state index contributed by atoms with van der Waals surface area (Å²) >= 11 is 0. The minimum Gasteiger partial charge on any atom is -0.466 e. The van der Waals surface area contributed by atoms with Crippen LogP contribution >= 0.6 is 0 Å². The summed E-state index contributed by atoms with van der Waals surface area (Å²) in [7, 11) is 0. The van der Waals surface area contributed by atoms with Gasteiger partial charge in [-0.3, -0.25) is 4.79 Å². The average molecular weight is 358 g/mol. The summed E-state index contributed by atoms with van der Waals surface area (Å²) in [5, 5.41) is 0. The molecule has 0 bridgehead atoms. The molecule has 4 nitrogen and oxygen atoms in total. The molecule has 0 spiro atoms. The van der Waals surface area contributed by atoms with Gasteiger partial charge in [0.25, 0.3) is 0 Å². The van der Waals surface area contributed by atoms with Gasteiger partial charge in [-0.15, -0.1) is 0 Å². The van der Waals surface area contributed by atoms with Crippen molar-refractivity contribution in [3.05, 3.63) is 108 Å². The van der Waals surface area contributed by atoms with Crippen LogP contribution in [-0.2, 0) is 9.53 Å². The third kappa shape index (κ3) is 4.82. The lowest BCUT2D eigenvalue weighted by Gasteiger charge is -2.15. The number of carbonyl (C=O) groups is 1. The molecular weight excluding hydrogens is 336 g/mol. The van der Waals surface area contributed by atoms with E-state index < -0.39 is 18.1 Å². The Labute approximate surface area is 159 Å². The summed E-state index contributed by atoms with van der Waals surface area (Å²) < 4.78 is 5.86. The molecule has 4 rings (SSSR count). The van der Waals surface area contributed by atoms with E-state index >= 15 is 0 Å². The van der Waals surface area contributed by atoms with Crippen molar-refractivity contribution in [2.24, 2.45) is 10.7 Å². The van der Waals surface area contributed by atoms with E-state index in [0.717, 1.165) is 11.1 Å². The van der Waals surface area contributed by atoms with Gasteiger partial charge in [0.05, 0.1) is 0 Å². The second-order valence-corrected chi connectivity index (χ2v) is 6.25. The first kappa shape index (κ1) is 18.4. The van der Waals surface area contributed by atoms with E-state index in [1.807, 2.05) is 78.9 Å². The van der Waals surface area contributed by atoms with Gasteiger partial charge in [0.2, 0.25) is 11.8 Å². The van der Waals surface area contributed by atoms with Gasteiger partial charge >= 0.3 is 0 Å². The topological polar surface area (TPSA) is 64.7 Å². The van der Waals surface area contributed by atoms with E-state index in [9.17, 15) is 4.79 Å². The molecule has 1 aliphatic rings. The molecule has 1 aliphatic heterocycles.